The van der Waals surface area contributed by atoms with Crippen molar-refractivity contribution in [3.63, 3.8) is 0 Å². The molecule has 2 fully saturated rings. The molecule has 25 heavy (non-hydrogen) atoms. The first-order valence-corrected chi connectivity index (χ1v) is 8.19. The van der Waals surface area contributed by atoms with Crippen molar-refractivity contribution in [3.05, 3.63) is 24.3 Å². The molecule has 1 N–H and O–H groups in total. The average Bonchev–Trinajstić information content (AvgIpc) is 2.90. The van der Waals surface area contributed by atoms with Crippen molar-refractivity contribution in [3.8, 4) is 5.75 Å². The van der Waals surface area contributed by atoms with E-state index in [9.17, 15) is 14.7 Å². The zero-order chi connectivity index (χ0) is 18.4. The van der Waals surface area contributed by atoms with Crippen molar-refractivity contribution in [2.45, 2.75) is 50.7 Å². The molecular weight excluding hydrogens is 326 g/mol. The zero-order valence-corrected chi connectivity index (χ0v) is 14.8. The summed E-state index contributed by atoms with van der Waals surface area (Å²) in [5, 5.41) is 10.9. The second-order valence-electron chi connectivity index (χ2n) is 6.99. The molecule has 7 nitrogen and oxygen atoms in total. The molecule has 1 amide bonds. The van der Waals surface area contributed by atoms with Crippen LogP contribution in [0.1, 0.15) is 27.2 Å². The molecule has 0 unspecified atom stereocenters. The van der Waals surface area contributed by atoms with E-state index in [-0.39, 0.29) is 18.8 Å². The topological polar surface area (TPSA) is 85.3 Å². The highest BCUT2D eigenvalue weighted by molar-refractivity contribution is 6.10. The Morgan fingerprint density at radius 1 is 1.36 bits per heavy atom. The summed E-state index contributed by atoms with van der Waals surface area (Å²) < 4.78 is 16.6. The minimum absolute atomic E-state index is 0.234. The van der Waals surface area contributed by atoms with Gasteiger partial charge < -0.3 is 24.2 Å². The summed E-state index contributed by atoms with van der Waals surface area (Å²) in [5.74, 6) is -0.903. The molecule has 2 saturated heterocycles. The van der Waals surface area contributed by atoms with Crippen LogP contribution < -0.4 is 9.64 Å². The molecule has 1 aromatic rings. The predicted molar refractivity (Wildman–Crippen MR) is 89.4 cm³/mol. The summed E-state index contributed by atoms with van der Waals surface area (Å²) in [7, 11) is 1.56. The summed E-state index contributed by atoms with van der Waals surface area (Å²) >= 11 is 0. The Balaban J connectivity index is 1.93. The third-order valence-electron chi connectivity index (χ3n) is 4.61. The van der Waals surface area contributed by atoms with E-state index >= 15 is 0 Å². The van der Waals surface area contributed by atoms with E-state index in [1.165, 1.54) is 11.8 Å². The van der Waals surface area contributed by atoms with Crippen LogP contribution in [0.5, 0.6) is 5.75 Å². The number of ketones is 1. The van der Waals surface area contributed by atoms with Gasteiger partial charge in [0, 0.05) is 12.1 Å². The lowest BCUT2D eigenvalue weighted by Crippen LogP contribution is -2.78. The number of amides is 1. The third kappa shape index (κ3) is 3.03. The summed E-state index contributed by atoms with van der Waals surface area (Å²) in [4.78, 5) is 25.8. The molecule has 1 aromatic carbocycles. The number of anilines is 1. The maximum Gasteiger partial charge on any atom is 0.262 e. The van der Waals surface area contributed by atoms with Crippen molar-refractivity contribution in [1.82, 2.24) is 0 Å². The van der Waals surface area contributed by atoms with Gasteiger partial charge in [-0.1, -0.05) is 0 Å². The van der Waals surface area contributed by atoms with Crippen LogP contribution in [0.4, 0.5) is 5.69 Å². The summed E-state index contributed by atoms with van der Waals surface area (Å²) in [6.45, 7) is 5.14. The lowest BCUT2D eigenvalue weighted by atomic mass is 9.75. The highest BCUT2D eigenvalue weighted by atomic mass is 16.7. The number of methoxy groups -OCH3 is 1. The Hall–Kier alpha value is -1.96. The number of carbonyl (C=O) groups excluding carboxylic acids is 2. The van der Waals surface area contributed by atoms with E-state index in [1.807, 2.05) is 0 Å². The van der Waals surface area contributed by atoms with Crippen LogP contribution in [-0.4, -0.2) is 54.0 Å². The maximum atomic E-state index is 12.7. The number of carbonyl (C=O) groups is 2. The minimum Gasteiger partial charge on any atom is -0.497 e. The molecule has 2 aliphatic heterocycles. The largest absolute Gasteiger partial charge is 0.497 e. The summed E-state index contributed by atoms with van der Waals surface area (Å²) in [6, 6.07) is 6.24. The van der Waals surface area contributed by atoms with Crippen molar-refractivity contribution in [2.75, 3.05) is 18.6 Å². The number of hydrogen-bond donors (Lipinski definition) is 1. The van der Waals surface area contributed by atoms with Crippen LogP contribution in [0.3, 0.4) is 0 Å². The normalized spacial score (nSPS) is 30.9. The van der Waals surface area contributed by atoms with Crippen LogP contribution in [0.25, 0.3) is 0 Å². The van der Waals surface area contributed by atoms with E-state index in [0.717, 1.165) is 0 Å². The Kier molecular flexibility index (Phi) is 4.35. The van der Waals surface area contributed by atoms with E-state index in [4.69, 9.17) is 14.2 Å². The Bertz CT molecular complexity index is 685. The van der Waals surface area contributed by atoms with Gasteiger partial charge in [0.25, 0.3) is 5.91 Å². The fourth-order valence-corrected chi connectivity index (χ4v) is 3.53. The fourth-order valence-electron chi connectivity index (χ4n) is 3.53. The predicted octanol–water partition coefficient (Wildman–Crippen LogP) is 1.27. The number of nitrogens with zero attached hydrogens (tertiary/aromatic N) is 1. The van der Waals surface area contributed by atoms with E-state index in [2.05, 4.69) is 0 Å². The molecule has 0 saturated carbocycles. The van der Waals surface area contributed by atoms with Gasteiger partial charge in [-0.2, -0.15) is 0 Å². The van der Waals surface area contributed by atoms with Gasteiger partial charge in [-0.15, -0.1) is 0 Å². The smallest absolute Gasteiger partial charge is 0.262 e. The van der Waals surface area contributed by atoms with Crippen LogP contribution in [-0.2, 0) is 19.1 Å². The van der Waals surface area contributed by atoms with E-state index in [0.29, 0.717) is 11.4 Å². The van der Waals surface area contributed by atoms with Gasteiger partial charge >= 0.3 is 0 Å². The second-order valence-corrected chi connectivity index (χ2v) is 6.99. The number of benzene rings is 1. The van der Waals surface area contributed by atoms with Crippen LogP contribution in [0, 0.1) is 0 Å². The van der Waals surface area contributed by atoms with Crippen molar-refractivity contribution < 1.29 is 28.9 Å². The summed E-state index contributed by atoms with van der Waals surface area (Å²) in [6.07, 6.45) is -0.775. The number of aliphatic hydroxyl groups is 1. The first-order chi connectivity index (χ1) is 11.7. The average molecular weight is 349 g/mol. The van der Waals surface area contributed by atoms with Crippen molar-refractivity contribution in [1.29, 1.82) is 0 Å². The van der Waals surface area contributed by atoms with Crippen LogP contribution in [0.2, 0.25) is 0 Å². The Morgan fingerprint density at radius 2 is 2.00 bits per heavy atom. The first kappa shape index (κ1) is 17.8. The highest BCUT2D eigenvalue weighted by Crippen LogP contribution is 2.43. The van der Waals surface area contributed by atoms with Crippen LogP contribution >= 0.6 is 0 Å². The number of hydrogen-bond acceptors (Lipinski definition) is 6. The molecule has 0 radical (unpaired) electrons. The molecule has 136 valence electrons. The number of ether oxygens (including phenoxy) is 3. The lowest BCUT2D eigenvalue weighted by molar-refractivity contribution is -0.176. The molecule has 0 aromatic heterocycles. The molecule has 0 bridgehead atoms. The zero-order valence-electron chi connectivity index (χ0n) is 14.8. The van der Waals surface area contributed by atoms with Gasteiger partial charge in [0.2, 0.25) is 0 Å². The molecular formula is C18H23NO6. The molecule has 0 aliphatic carbocycles. The number of Topliss-reactive ketones (excluding diaryl/α,β-unsaturated/α-hetero) is 1. The monoisotopic (exact) mass is 349 g/mol. The molecule has 2 heterocycles. The van der Waals surface area contributed by atoms with Gasteiger partial charge in [0.1, 0.15) is 23.7 Å². The van der Waals surface area contributed by atoms with Crippen molar-refractivity contribution >= 4 is 17.4 Å². The molecule has 2 aliphatic rings. The van der Waals surface area contributed by atoms with Gasteiger partial charge in [-0.3, -0.25) is 9.59 Å². The highest BCUT2D eigenvalue weighted by Gasteiger charge is 2.65. The Labute approximate surface area is 146 Å². The first-order valence-electron chi connectivity index (χ1n) is 8.19. The van der Waals surface area contributed by atoms with E-state index in [1.54, 1.807) is 45.2 Å². The van der Waals surface area contributed by atoms with Gasteiger partial charge in [-0.05, 0) is 45.0 Å². The second kappa shape index (κ2) is 6.09. The SMILES string of the molecule is COc1ccc(N2C(=O)[C@@](O)(CC(C)=O)[C@@H]2[C@H]2COC(C)(C)O2)cc1. The van der Waals surface area contributed by atoms with Crippen molar-refractivity contribution in [2.24, 2.45) is 0 Å². The maximum absolute atomic E-state index is 12.7. The van der Waals surface area contributed by atoms with Gasteiger partial charge in [0.15, 0.2) is 11.4 Å². The quantitative estimate of drug-likeness (QED) is 0.806. The van der Waals surface area contributed by atoms with Gasteiger partial charge in [-0.25, -0.2) is 0 Å². The lowest BCUT2D eigenvalue weighted by Gasteiger charge is -2.54. The van der Waals surface area contributed by atoms with Gasteiger partial charge in [0.05, 0.1) is 13.7 Å². The Morgan fingerprint density at radius 3 is 2.48 bits per heavy atom. The number of β-lactam (4-membered cyclic amide) rings is 1. The molecule has 3 atom stereocenters. The molecule has 0 spiro atoms. The molecule has 7 heteroatoms. The van der Waals surface area contributed by atoms with E-state index < -0.39 is 29.4 Å². The standard InChI is InChI=1S/C18H23NO6/c1-11(20)9-18(22)15(14-10-24-17(2,3)25-14)19(16(18)21)12-5-7-13(23-4)8-6-12/h5-8,14-15,22H,9-10H2,1-4H3/t14-,15+,18-/m1/s1. The summed E-state index contributed by atoms with van der Waals surface area (Å²) in [5.41, 5.74) is -1.17. The minimum atomic E-state index is -1.78. The third-order valence-corrected chi connectivity index (χ3v) is 4.61. The number of rotatable bonds is 5. The van der Waals surface area contributed by atoms with Crippen LogP contribution in [0.15, 0.2) is 24.3 Å². The molecule has 3 rings (SSSR count). The fraction of sp³-hybridized carbons (Fsp3) is 0.556.